The Labute approximate surface area is 208 Å². The van der Waals surface area contributed by atoms with E-state index in [0.29, 0.717) is 24.1 Å². The fourth-order valence-electron chi connectivity index (χ4n) is 4.49. The topological polar surface area (TPSA) is 93.2 Å². The fraction of sp³-hybridized carbons (Fsp3) is 0.357. The molecule has 2 atom stereocenters. The van der Waals surface area contributed by atoms with E-state index in [1.807, 2.05) is 41.2 Å². The summed E-state index contributed by atoms with van der Waals surface area (Å²) in [4.78, 5) is 26.5. The van der Waals surface area contributed by atoms with Crippen molar-refractivity contribution in [3.63, 3.8) is 0 Å². The van der Waals surface area contributed by atoms with Gasteiger partial charge in [0.15, 0.2) is 17.1 Å². The van der Waals surface area contributed by atoms with Crippen molar-refractivity contribution in [2.24, 2.45) is 11.8 Å². The van der Waals surface area contributed by atoms with Gasteiger partial charge in [-0.1, -0.05) is 48.1 Å². The quantitative estimate of drug-likeness (QED) is 0.583. The minimum absolute atomic E-state index is 0.114. The number of amides is 1. The summed E-state index contributed by atoms with van der Waals surface area (Å²) in [6.07, 6.45) is 7.47. The maximum atomic E-state index is 12.9. The molecule has 2 fully saturated rings. The van der Waals surface area contributed by atoms with Crippen LogP contribution in [0.5, 0.6) is 5.75 Å². The number of rotatable bonds is 3. The first kappa shape index (κ1) is 22.2. The first-order valence-corrected chi connectivity index (χ1v) is 12.2. The van der Waals surface area contributed by atoms with Crippen LogP contribution < -0.4 is 5.43 Å². The maximum Gasteiger partial charge on any atom is 0.275 e. The molecule has 3 aliphatic rings. The highest BCUT2D eigenvalue weighted by Gasteiger charge is 2.39. The van der Waals surface area contributed by atoms with Crippen LogP contribution in [0.25, 0.3) is 0 Å². The normalized spacial score (nSPS) is 19.5. The lowest BCUT2D eigenvalue weighted by Gasteiger charge is -2.37. The molecule has 1 aromatic carbocycles. The van der Waals surface area contributed by atoms with E-state index in [-0.39, 0.29) is 5.69 Å². The van der Waals surface area contributed by atoms with Gasteiger partial charge in [-0.05, 0) is 37.2 Å². The van der Waals surface area contributed by atoms with Crippen LogP contribution in [0.2, 0.25) is 0 Å². The van der Waals surface area contributed by atoms with Crippen LogP contribution in [0.15, 0.2) is 47.5 Å². The number of nitrogens with zero attached hydrogens (tertiary/aromatic N) is 5. The predicted molar refractivity (Wildman–Crippen MR) is 132 cm³/mol. The second-order valence-corrected chi connectivity index (χ2v) is 9.72. The predicted octanol–water partition coefficient (Wildman–Crippen LogP) is 2.58. The van der Waals surface area contributed by atoms with Crippen molar-refractivity contribution in [3.8, 4) is 29.4 Å². The van der Waals surface area contributed by atoms with Crippen LogP contribution in [0, 0.1) is 35.5 Å². The van der Waals surface area contributed by atoms with Crippen molar-refractivity contribution in [3.05, 3.63) is 75.5 Å². The zero-order valence-electron chi connectivity index (χ0n) is 19.9. The number of fused-ring (bicyclic) bond motifs is 1. The number of carbonyl (C=O) groups excluding carboxylic acids is 1. The monoisotopic (exact) mass is 479 g/mol. The molecule has 8 nitrogen and oxygen atoms in total. The average Bonchev–Trinajstić information content (AvgIpc) is 3.82. The molecule has 180 valence electrons. The van der Waals surface area contributed by atoms with Gasteiger partial charge in [-0.15, -0.1) is 0 Å². The lowest BCUT2D eigenvalue weighted by Crippen LogP contribution is -2.46. The highest BCUT2D eigenvalue weighted by Crippen LogP contribution is 2.36. The maximum absolute atomic E-state index is 12.9. The van der Waals surface area contributed by atoms with Crippen molar-refractivity contribution >= 4 is 5.91 Å². The average molecular weight is 480 g/mol. The Hall–Kier alpha value is -4.30. The molecule has 2 unspecified atom stereocenters. The summed E-state index contributed by atoms with van der Waals surface area (Å²) in [5.41, 5.74) is 1.58. The summed E-state index contributed by atoms with van der Waals surface area (Å²) < 4.78 is 3.31. The highest BCUT2D eigenvalue weighted by atomic mass is 16.3. The molecule has 1 aliphatic heterocycles. The minimum Gasteiger partial charge on any atom is -0.502 e. The molecular weight excluding hydrogens is 454 g/mol. The summed E-state index contributed by atoms with van der Waals surface area (Å²) in [6.45, 7) is 0.312. The van der Waals surface area contributed by atoms with Crippen molar-refractivity contribution in [1.29, 1.82) is 0 Å². The summed E-state index contributed by atoms with van der Waals surface area (Å²) in [7, 11) is 1.65. The molecule has 0 saturated heterocycles. The van der Waals surface area contributed by atoms with E-state index < -0.39 is 29.2 Å². The molecule has 2 aromatic heterocycles. The van der Waals surface area contributed by atoms with Gasteiger partial charge in [-0.2, -0.15) is 10.2 Å². The molecule has 2 aliphatic carbocycles. The van der Waals surface area contributed by atoms with Crippen LogP contribution in [-0.4, -0.2) is 49.1 Å². The Morgan fingerprint density at radius 1 is 1.03 bits per heavy atom. The van der Waals surface area contributed by atoms with Gasteiger partial charge in [0.2, 0.25) is 5.43 Å². The fourth-order valence-corrected chi connectivity index (χ4v) is 4.49. The summed E-state index contributed by atoms with van der Waals surface area (Å²) in [6, 6.07) is 8.99. The Morgan fingerprint density at radius 3 is 2.42 bits per heavy atom. The lowest BCUT2D eigenvalue weighted by atomic mass is 9.97. The Balaban J connectivity index is 1.51. The Bertz CT molecular complexity index is 1480. The second-order valence-electron chi connectivity index (χ2n) is 9.72. The number of benzene rings is 1. The van der Waals surface area contributed by atoms with Gasteiger partial charge in [0.05, 0.1) is 17.8 Å². The van der Waals surface area contributed by atoms with E-state index in [0.717, 1.165) is 43.0 Å². The van der Waals surface area contributed by atoms with E-state index in [9.17, 15) is 14.7 Å². The standard InChI is InChI=1S/C28H25N5O3/c1-31-17-23(33-26(28(31)36)27(35)24(34)15-29-33)25(20-5-3-2-4-6-20)32-16-21(13-11-18-7-8-18)22(30-32)14-12-19-9-10-19/h2-6,15-16,18-19,23,25,35H,7-10,17H2,1H3. The van der Waals surface area contributed by atoms with Crippen LogP contribution >= 0.6 is 0 Å². The molecular formula is C28H25N5O3. The first-order chi connectivity index (χ1) is 17.5. The summed E-state index contributed by atoms with van der Waals surface area (Å²) >= 11 is 0. The molecule has 0 spiro atoms. The number of aromatic nitrogens is 4. The van der Waals surface area contributed by atoms with Gasteiger partial charge in [0, 0.05) is 31.6 Å². The molecule has 1 N–H and O–H groups in total. The zero-order chi connectivity index (χ0) is 24.8. The van der Waals surface area contributed by atoms with Gasteiger partial charge in [0.1, 0.15) is 6.04 Å². The van der Waals surface area contributed by atoms with Gasteiger partial charge < -0.3 is 10.0 Å². The Morgan fingerprint density at radius 2 is 1.72 bits per heavy atom. The molecule has 3 heterocycles. The smallest absolute Gasteiger partial charge is 0.275 e. The van der Waals surface area contributed by atoms with E-state index in [1.165, 1.54) is 9.58 Å². The number of aromatic hydroxyl groups is 1. The van der Waals surface area contributed by atoms with Gasteiger partial charge >= 0.3 is 0 Å². The number of hydrogen-bond acceptors (Lipinski definition) is 5. The zero-order valence-corrected chi connectivity index (χ0v) is 19.9. The van der Waals surface area contributed by atoms with Crippen molar-refractivity contribution in [2.45, 2.75) is 37.8 Å². The van der Waals surface area contributed by atoms with Gasteiger partial charge in [-0.25, -0.2) is 4.68 Å². The summed E-state index contributed by atoms with van der Waals surface area (Å²) in [5, 5.41) is 19.7. The molecule has 6 rings (SSSR count). The van der Waals surface area contributed by atoms with E-state index >= 15 is 0 Å². The van der Waals surface area contributed by atoms with Crippen LogP contribution in [0.1, 0.15) is 65.1 Å². The second kappa shape index (κ2) is 8.73. The van der Waals surface area contributed by atoms with Crippen LogP contribution in [0.4, 0.5) is 0 Å². The SMILES string of the molecule is CN1CC(C(c2ccccc2)n2cc(C#CC3CC3)c(C#CC3CC3)n2)n2ncc(=O)c(O)c2C1=O. The molecule has 36 heavy (non-hydrogen) atoms. The van der Waals surface area contributed by atoms with Gasteiger partial charge in [0.25, 0.3) is 5.91 Å². The third-order valence-corrected chi connectivity index (χ3v) is 6.79. The van der Waals surface area contributed by atoms with E-state index in [1.54, 1.807) is 7.05 Å². The third kappa shape index (κ3) is 4.16. The first-order valence-electron chi connectivity index (χ1n) is 12.2. The van der Waals surface area contributed by atoms with Crippen molar-refractivity contribution < 1.29 is 9.90 Å². The Kier molecular flexibility index (Phi) is 5.38. The number of hydrogen-bond donors (Lipinski definition) is 1. The molecule has 8 heteroatoms. The molecule has 1 amide bonds. The highest BCUT2D eigenvalue weighted by molar-refractivity contribution is 5.95. The lowest BCUT2D eigenvalue weighted by molar-refractivity contribution is 0.0667. The van der Waals surface area contributed by atoms with E-state index in [2.05, 4.69) is 28.8 Å². The van der Waals surface area contributed by atoms with Gasteiger partial charge in [-0.3, -0.25) is 14.3 Å². The molecule has 2 saturated carbocycles. The summed E-state index contributed by atoms with van der Waals surface area (Å²) in [5.74, 6) is 13.0. The minimum atomic E-state index is -0.686. The van der Waals surface area contributed by atoms with Crippen molar-refractivity contribution in [1.82, 2.24) is 24.5 Å². The molecule has 3 aromatic rings. The largest absolute Gasteiger partial charge is 0.502 e. The molecule has 0 radical (unpaired) electrons. The molecule has 0 bridgehead atoms. The third-order valence-electron chi connectivity index (χ3n) is 6.79. The van der Waals surface area contributed by atoms with Crippen molar-refractivity contribution in [2.75, 3.05) is 13.6 Å². The number of likely N-dealkylation sites (N-methyl/N-ethyl adjacent to an activating group) is 1. The van der Waals surface area contributed by atoms with Crippen LogP contribution in [0.3, 0.4) is 0 Å². The number of carbonyl (C=O) groups is 1. The van der Waals surface area contributed by atoms with Crippen LogP contribution in [-0.2, 0) is 0 Å². The van der Waals surface area contributed by atoms with E-state index in [4.69, 9.17) is 5.10 Å².